The molecule has 3 nitrogen and oxygen atoms in total. The fraction of sp³-hybridized carbons (Fsp3) is 0.208. The van der Waals surface area contributed by atoms with Crippen LogP contribution in [0.2, 0.25) is 5.02 Å². The van der Waals surface area contributed by atoms with Crippen LogP contribution in [-0.2, 0) is 15.1 Å². The normalized spacial score (nSPS) is 16.7. The van der Waals surface area contributed by atoms with Crippen LogP contribution < -0.4 is 5.32 Å². The van der Waals surface area contributed by atoms with Crippen molar-refractivity contribution >= 4 is 17.6 Å². The highest BCUT2D eigenvalue weighted by Crippen LogP contribution is 2.43. The fourth-order valence-electron chi connectivity index (χ4n) is 3.85. The zero-order chi connectivity index (χ0) is 19.4. The molecule has 1 N–H and O–H groups in total. The molecule has 0 aromatic heterocycles. The first-order chi connectivity index (χ1) is 13.7. The van der Waals surface area contributed by atoms with Crippen molar-refractivity contribution in [3.63, 3.8) is 0 Å². The van der Waals surface area contributed by atoms with Crippen LogP contribution >= 0.6 is 11.6 Å². The Morgan fingerprint density at radius 2 is 1.46 bits per heavy atom. The van der Waals surface area contributed by atoms with Crippen molar-refractivity contribution in [2.75, 3.05) is 6.54 Å². The minimum atomic E-state index is -1.12. The molecular weight excluding hydrogens is 370 g/mol. The molecule has 1 atom stereocenters. The summed E-state index contributed by atoms with van der Waals surface area (Å²) in [4.78, 5) is 13.2. The van der Waals surface area contributed by atoms with Gasteiger partial charge >= 0.3 is 5.97 Å². The molecule has 0 saturated carbocycles. The van der Waals surface area contributed by atoms with E-state index in [-0.39, 0.29) is 12.0 Å². The van der Waals surface area contributed by atoms with Crippen LogP contribution in [-0.4, -0.2) is 18.6 Å². The number of nitrogens with one attached hydrogen (secondary N) is 1. The summed E-state index contributed by atoms with van der Waals surface area (Å²) in [5.74, 6) is -0.259. The summed E-state index contributed by atoms with van der Waals surface area (Å²) in [6.45, 7) is 0.829. The van der Waals surface area contributed by atoms with Crippen LogP contribution in [0, 0.1) is 0 Å². The van der Waals surface area contributed by atoms with Gasteiger partial charge in [0.05, 0.1) is 0 Å². The zero-order valence-electron chi connectivity index (χ0n) is 15.5. The molecule has 3 aromatic carbocycles. The van der Waals surface area contributed by atoms with Gasteiger partial charge in [-0.15, -0.1) is 0 Å². The molecular formula is C24H22ClNO2. The number of ether oxygens (including phenoxy) is 1. The predicted molar refractivity (Wildman–Crippen MR) is 111 cm³/mol. The standard InChI is InChI=1S/C24H22ClNO2/c25-21-15-8-7-14-20(21)24(18-10-3-1-4-11-18,19-12-5-2-6-13-19)28-23(27)22-16-9-17-26-22/h1-8,10-15,22,26H,9,16-17H2. The minimum absolute atomic E-state index is 0.259. The van der Waals surface area contributed by atoms with Crippen LogP contribution in [0.3, 0.4) is 0 Å². The predicted octanol–water partition coefficient (Wildman–Crippen LogP) is 4.93. The quantitative estimate of drug-likeness (QED) is 0.495. The van der Waals surface area contributed by atoms with E-state index in [9.17, 15) is 4.79 Å². The Bertz CT molecular complexity index is 898. The molecule has 0 aliphatic carbocycles. The monoisotopic (exact) mass is 391 g/mol. The number of hydrogen-bond acceptors (Lipinski definition) is 3. The van der Waals surface area contributed by atoms with E-state index in [1.54, 1.807) is 0 Å². The van der Waals surface area contributed by atoms with E-state index in [1.165, 1.54) is 0 Å². The molecule has 4 heteroatoms. The van der Waals surface area contributed by atoms with Crippen LogP contribution in [0.4, 0.5) is 0 Å². The molecule has 1 unspecified atom stereocenters. The van der Waals surface area contributed by atoms with E-state index in [4.69, 9.17) is 16.3 Å². The van der Waals surface area contributed by atoms with E-state index >= 15 is 0 Å². The highest BCUT2D eigenvalue weighted by Gasteiger charge is 2.43. The van der Waals surface area contributed by atoms with Crippen LogP contribution in [0.1, 0.15) is 29.5 Å². The third-order valence-corrected chi connectivity index (χ3v) is 5.54. The van der Waals surface area contributed by atoms with Crippen LogP contribution in [0.5, 0.6) is 0 Å². The van der Waals surface area contributed by atoms with E-state index in [0.717, 1.165) is 36.1 Å². The topological polar surface area (TPSA) is 38.3 Å². The Balaban J connectivity index is 1.94. The second kappa shape index (κ2) is 8.17. The van der Waals surface area contributed by atoms with Crippen molar-refractivity contribution in [1.29, 1.82) is 0 Å². The average Bonchev–Trinajstić information content (AvgIpc) is 3.29. The summed E-state index contributed by atoms with van der Waals surface area (Å²) in [6.07, 6.45) is 1.75. The molecule has 3 aromatic rings. The minimum Gasteiger partial charge on any atom is -0.443 e. The Morgan fingerprint density at radius 1 is 0.893 bits per heavy atom. The van der Waals surface area contributed by atoms with E-state index in [2.05, 4.69) is 5.32 Å². The smallest absolute Gasteiger partial charge is 0.324 e. The number of carbonyl (C=O) groups is 1. The first-order valence-electron chi connectivity index (χ1n) is 9.54. The number of esters is 1. The lowest BCUT2D eigenvalue weighted by Gasteiger charge is -2.36. The number of hydrogen-bond donors (Lipinski definition) is 1. The van der Waals surface area contributed by atoms with E-state index in [1.807, 2.05) is 84.9 Å². The van der Waals surface area contributed by atoms with Gasteiger partial charge in [0.1, 0.15) is 6.04 Å². The van der Waals surface area contributed by atoms with Crippen molar-refractivity contribution in [2.45, 2.75) is 24.5 Å². The summed E-state index contributed by atoms with van der Waals surface area (Å²) in [5, 5.41) is 3.80. The highest BCUT2D eigenvalue weighted by molar-refractivity contribution is 6.31. The van der Waals surface area contributed by atoms with Crippen molar-refractivity contribution in [3.05, 3.63) is 107 Å². The molecule has 0 spiro atoms. The molecule has 0 amide bonds. The van der Waals surface area contributed by atoms with Gasteiger partial charge in [0, 0.05) is 21.7 Å². The molecule has 1 fully saturated rings. The molecule has 1 saturated heterocycles. The second-order valence-corrected chi connectivity index (χ2v) is 7.37. The van der Waals surface area contributed by atoms with E-state index < -0.39 is 5.60 Å². The largest absolute Gasteiger partial charge is 0.443 e. The molecule has 1 heterocycles. The maximum atomic E-state index is 13.2. The van der Waals surface area contributed by atoms with Gasteiger partial charge in [0.2, 0.25) is 0 Å². The van der Waals surface area contributed by atoms with Gasteiger partial charge in [0.15, 0.2) is 5.60 Å². The first-order valence-corrected chi connectivity index (χ1v) is 9.92. The molecule has 0 radical (unpaired) electrons. The number of halogens is 1. The lowest BCUT2D eigenvalue weighted by molar-refractivity contribution is -0.155. The molecule has 1 aliphatic rings. The lowest BCUT2D eigenvalue weighted by atomic mass is 9.80. The third-order valence-electron chi connectivity index (χ3n) is 5.21. The van der Waals surface area contributed by atoms with Crippen molar-refractivity contribution in [2.24, 2.45) is 0 Å². The van der Waals surface area contributed by atoms with E-state index in [0.29, 0.717) is 5.02 Å². The van der Waals surface area contributed by atoms with Gasteiger partial charge in [0.25, 0.3) is 0 Å². The molecule has 0 bridgehead atoms. The second-order valence-electron chi connectivity index (χ2n) is 6.96. The van der Waals surface area contributed by atoms with Gasteiger partial charge in [-0.3, -0.25) is 4.79 Å². The van der Waals surface area contributed by atoms with Gasteiger partial charge in [-0.1, -0.05) is 90.5 Å². The summed E-state index contributed by atoms with van der Waals surface area (Å²) < 4.78 is 6.38. The maximum absolute atomic E-state index is 13.2. The Labute approximate surface area is 170 Å². The average molecular weight is 392 g/mol. The van der Waals surface area contributed by atoms with Crippen LogP contribution in [0.25, 0.3) is 0 Å². The van der Waals surface area contributed by atoms with Crippen molar-refractivity contribution < 1.29 is 9.53 Å². The Morgan fingerprint density at radius 3 is 2.00 bits per heavy atom. The SMILES string of the molecule is O=C(OC(c1ccccc1)(c1ccccc1)c1ccccc1Cl)C1CCCN1. The van der Waals surface area contributed by atoms with Gasteiger partial charge in [-0.2, -0.15) is 0 Å². The van der Waals surface area contributed by atoms with Crippen LogP contribution in [0.15, 0.2) is 84.9 Å². The molecule has 4 rings (SSSR count). The molecule has 28 heavy (non-hydrogen) atoms. The number of benzene rings is 3. The summed E-state index contributed by atoms with van der Waals surface area (Å²) in [7, 11) is 0. The lowest BCUT2D eigenvalue weighted by Crippen LogP contribution is -2.41. The highest BCUT2D eigenvalue weighted by atomic mass is 35.5. The Kier molecular flexibility index (Phi) is 5.47. The van der Waals surface area contributed by atoms with Crippen molar-refractivity contribution in [1.82, 2.24) is 5.32 Å². The van der Waals surface area contributed by atoms with Gasteiger partial charge in [-0.05, 0) is 25.5 Å². The zero-order valence-corrected chi connectivity index (χ0v) is 16.2. The van der Waals surface area contributed by atoms with Gasteiger partial charge < -0.3 is 10.1 Å². The number of carbonyl (C=O) groups excluding carboxylic acids is 1. The van der Waals surface area contributed by atoms with Gasteiger partial charge in [-0.25, -0.2) is 0 Å². The third kappa shape index (κ3) is 3.44. The van der Waals surface area contributed by atoms with Crippen molar-refractivity contribution in [3.8, 4) is 0 Å². The molecule has 142 valence electrons. The number of rotatable bonds is 5. The first kappa shape index (κ1) is 18.7. The summed E-state index contributed by atoms with van der Waals surface area (Å²) in [6, 6.07) is 26.9. The summed E-state index contributed by atoms with van der Waals surface area (Å²) in [5.41, 5.74) is 1.35. The summed E-state index contributed by atoms with van der Waals surface area (Å²) >= 11 is 6.64. The maximum Gasteiger partial charge on any atom is 0.324 e. The fourth-order valence-corrected chi connectivity index (χ4v) is 4.12. The molecule has 1 aliphatic heterocycles. The Hall–Kier alpha value is -2.62.